The summed E-state index contributed by atoms with van der Waals surface area (Å²) in [6.45, 7) is 4.50. The molecule has 3 rings (SSSR count). The molecule has 0 fully saturated rings. The van der Waals surface area contributed by atoms with Crippen molar-refractivity contribution in [3.05, 3.63) is 23.7 Å². The fourth-order valence-corrected chi connectivity index (χ4v) is 2.56. The maximum absolute atomic E-state index is 13.9. The van der Waals surface area contributed by atoms with Crippen molar-refractivity contribution in [2.24, 2.45) is 0 Å². The summed E-state index contributed by atoms with van der Waals surface area (Å²) >= 11 is 0. The number of carboxylic acids is 1. The number of nitrogens with two attached hydrogens (primary N) is 1. The van der Waals surface area contributed by atoms with Crippen LogP contribution in [0.5, 0.6) is 0 Å². The van der Waals surface area contributed by atoms with Crippen LogP contribution in [0, 0.1) is 0 Å². The molecular formula is C16H18FN5O2. The van der Waals surface area contributed by atoms with Gasteiger partial charge in [-0.1, -0.05) is 0 Å². The van der Waals surface area contributed by atoms with Gasteiger partial charge in [-0.3, -0.25) is 4.79 Å². The number of aromatic nitrogens is 4. The summed E-state index contributed by atoms with van der Waals surface area (Å²) in [5.41, 5.74) is 7.15. The van der Waals surface area contributed by atoms with Crippen LogP contribution in [0.3, 0.4) is 0 Å². The number of fused-ring (bicyclic) bond motifs is 3. The first-order chi connectivity index (χ1) is 11.2. The second-order valence-electron chi connectivity index (χ2n) is 6.48. The number of nitrogens with one attached hydrogen (secondary N) is 1. The van der Waals surface area contributed by atoms with Crippen molar-refractivity contribution in [2.75, 3.05) is 5.73 Å². The number of alkyl halides is 1. The van der Waals surface area contributed by atoms with E-state index in [1.54, 1.807) is 12.1 Å². The van der Waals surface area contributed by atoms with Crippen molar-refractivity contribution in [3.63, 3.8) is 0 Å². The second kappa shape index (κ2) is 5.40. The van der Waals surface area contributed by atoms with Crippen LogP contribution in [-0.2, 0) is 11.2 Å². The lowest BCUT2D eigenvalue weighted by Gasteiger charge is -2.14. The van der Waals surface area contributed by atoms with E-state index in [9.17, 15) is 9.18 Å². The van der Waals surface area contributed by atoms with Gasteiger partial charge in [0.15, 0.2) is 5.82 Å². The molecule has 3 aromatic heterocycles. The summed E-state index contributed by atoms with van der Waals surface area (Å²) in [6, 6.07) is 3.48. The van der Waals surface area contributed by atoms with Gasteiger partial charge in [-0.15, -0.1) is 0 Å². The van der Waals surface area contributed by atoms with Crippen LogP contribution in [0.2, 0.25) is 0 Å². The Morgan fingerprint density at radius 1 is 1.33 bits per heavy atom. The van der Waals surface area contributed by atoms with Crippen molar-refractivity contribution in [1.82, 2.24) is 19.9 Å². The average Bonchev–Trinajstić information content (AvgIpc) is 2.91. The van der Waals surface area contributed by atoms with Crippen molar-refractivity contribution >= 4 is 33.9 Å². The highest BCUT2D eigenvalue weighted by Crippen LogP contribution is 2.28. The molecule has 24 heavy (non-hydrogen) atoms. The first kappa shape index (κ1) is 16.1. The fraction of sp³-hybridized carbons (Fsp3) is 0.375. The molecule has 3 aromatic rings. The number of pyridine rings is 2. The number of aromatic amines is 1. The largest absolute Gasteiger partial charge is 0.481 e. The van der Waals surface area contributed by atoms with E-state index in [0.29, 0.717) is 27.8 Å². The highest BCUT2D eigenvalue weighted by molar-refractivity contribution is 6.04. The Labute approximate surface area is 137 Å². The number of imidazole rings is 1. The van der Waals surface area contributed by atoms with Crippen LogP contribution < -0.4 is 5.73 Å². The molecule has 1 unspecified atom stereocenters. The smallest absolute Gasteiger partial charge is 0.313 e. The number of aliphatic carboxylic acids is 1. The number of carboxylic acid groups (broad SMARTS) is 1. The van der Waals surface area contributed by atoms with Gasteiger partial charge in [-0.2, -0.15) is 0 Å². The number of carbonyl (C=O) groups is 1. The quantitative estimate of drug-likeness (QED) is 0.676. The molecule has 4 N–H and O–H groups in total. The van der Waals surface area contributed by atoms with Gasteiger partial charge in [0, 0.05) is 12.1 Å². The normalized spacial score (nSPS) is 13.5. The lowest BCUT2D eigenvalue weighted by Crippen LogP contribution is -2.16. The monoisotopic (exact) mass is 331 g/mol. The van der Waals surface area contributed by atoms with Gasteiger partial charge in [-0.05, 0) is 32.9 Å². The SMILES string of the molecule is CC(C(=O)O)c1nc2c(N)nc3ccc(CC(C)(C)F)[nH]c3c2n1. The molecular weight excluding hydrogens is 313 g/mol. The number of halogens is 1. The van der Waals surface area contributed by atoms with Gasteiger partial charge in [-0.25, -0.2) is 19.3 Å². The van der Waals surface area contributed by atoms with Crippen LogP contribution in [-0.4, -0.2) is 36.7 Å². The van der Waals surface area contributed by atoms with Gasteiger partial charge in [0.1, 0.15) is 28.4 Å². The molecule has 0 amide bonds. The van der Waals surface area contributed by atoms with E-state index >= 15 is 0 Å². The zero-order chi connectivity index (χ0) is 17.6. The van der Waals surface area contributed by atoms with Gasteiger partial charge >= 0.3 is 5.97 Å². The van der Waals surface area contributed by atoms with Crippen LogP contribution in [0.4, 0.5) is 10.2 Å². The lowest BCUT2D eigenvalue weighted by atomic mass is 10.0. The molecule has 7 nitrogen and oxygen atoms in total. The minimum Gasteiger partial charge on any atom is -0.481 e. The third kappa shape index (κ3) is 2.86. The average molecular weight is 331 g/mol. The van der Waals surface area contributed by atoms with E-state index < -0.39 is 17.6 Å². The highest BCUT2D eigenvalue weighted by Gasteiger charge is 2.22. The zero-order valence-electron chi connectivity index (χ0n) is 13.6. The lowest BCUT2D eigenvalue weighted by molar-refractivity contribution is -0.138. The zero-order valence-corrected chi connectivity index (χ0v) is 13.6. The van der Waals surface area contributed by atoms with Gasteiger partial charge < -0.3 is 15.8 Å². The topological polar surface area (TPSA) is 118 Å². The summed E-state index contributed by atoms with van der Waals surface area (Å²) < 4.78 is 13.9. The third-order valence-corrected chi connectivity index (χ3v) is 3.75. The molecule has 0 saturated carbocycles. The van der Waals surface area contributed by atoms with Gasteiger partial charge in [0.05, 0.1) is 11.0 Å². The van der Waals surface area contributed by atoms with E-state index in [1.807, 2.05) is 0 Å². The maximum Gasteiger partial charge on any atom is 0.313 e. The minimum atomic E-state index is -1.37. The van der Waals surface area contributed by atoms with E-state index in [-0.39, 0.29) is 18.1 Å². The maximum atomic E-state index is 13.9. The Kier molecular flexibility index (Phi) is 3.62. The summed E-state index contributed by atoms with van der Waals surface area (Å²) in [5.74, 6) is -1.53. The summed E-state index contributed by atoms with van der Waals surface area (Å²) in [4.78, 5) is 27.1. The van der Waals surface area contributed by atoms with Crippen LogP contribution in [0.25, 0.3) is 22.1 Å². The first-order valence-corrected chi connectivity index (χ1v) is 7.52. The Hall–Kier alpha value is -2.77. The first-order valence-electron chi connectivity index (χ1n) is 7.52. The standard InChI is InChI=1S/C16H18FN5O2/c1-7(15(23)24)14-21-11-10-9(20-13(18)12(11)22-14)5-4-8(19-10)6-16(2,3)17/h4-5,7,19H,6H2,1-3H3,(H2,18,20)(H,23,24). The number of hydrogen-bond donors (Lipinski definition) is 3. The molecule has 0 bridgehead atoms. The Morgan fingerprint density at radius 2 is 2.00 bits per heavy atom. The van der Waals surface area contributed by atoms with Crippen LogP contribution in [0.1, 0.15) is 38.2 Å². The van der Waals surface area contributed by atoms with Crippen molar-refractivity contribution in [2.45, 2.75) is 38.8 Å². The van der Waals surface area contributed by atoms with E-state index in [1.165, 1.54) is 20.8 Å². The second-order valence-corrected chi connectivity index (χ2v) is 6.48. The third-order valence-electron chi connectivity index (χ3n) is 3.75. The summed E-state index contributed by atoms with van der Waals surface area (Å²) in [7, 11) is 0. The number of anilines is 1. The number of hydrogen-bond acceptors (Lipinski definition) is 5. The minimum absolute atomic E-state index is 0.170. The van der Waals surface area contributed by atoms with Crippen molar-refractivity contribution < 1.29 is 14.3 Å². The molecule has 8 heteroatoms. The number of nitrogens with zero attached hydrogens (tertiary/aromatic N) is 3. The predicted molar refractivity (Wildman–Crippen MR) is 88.5 cm³/mol. The highest BCUT2D eigenvalue weighted by atomic mass is 19.1. The molecule has 0 aromatic carbocycles. The molecule has 1 atom stereocenters. The molecule has 3 heterocycles. The molecule has 0 radical (unpaired) electrons. The summed E-state index contributed by atoms with van der Waals surface area (Å²) in [6.07, 6.45) is 0.196. The fourth-order valence-electron chi connectivity index (χ4n) is 2.56. The molecule has 0 spiro atoms. The molecule has 0 aliphatic rings. The van der Waals surface area contributed by atoms with E-state index in [2.05, 4.69) is 19.9 Å². The van der Waals surface area contributed by atoms with Gasteiger partial charge in [0.25, 0.3) is 0 Å². The number of nitrogen functional groups attached to an aromatic ring is 1. The van der Waals surface area contributed by atoms with Gasteiger partial charge in [0.2, 0.25) is 0 Å². The van der Waals surface area contributed by atoms with Crippen molar-refractivity contribution in [1.29, 1.82) is 0 Å². The van der Waals surface area contributed by atoms with Crippen LogP contribution >= 0.6 is 0 Å². The number of rotatable bonds is 4. The van der Waals surface area contributed by atoms with E-state index in [0.717, 1.165) is 0 Å². The van der Waals surface area contributed by atoms with Crippen LogP contribution in [0.15, 0.2) is 12.1 Å². The molecule has 0 aliphatic carbocycles. The molecule has 126 valence electrons. The Bertz CT molecular complexity index is 945. The predicted octanol–water partition coefficient (Wildman–Crippen LogP) is 2.57. The van der Waals surface area contributed by atoms with E-state index in [4.69, 9.17) is 10.8 Å². The Morgan fingerprint density at radius 3 is 2.62 bits per heavy atom. The molecule has 0 saturated heterocycles. The summed E-state index contributed by atoms with van der Waals surface area (Å²) in [5, 5.41) is 9.14. The number of H-pyrrole nitrogens is 1. The van der Waals surface area contributed by atoms with Crippen molar-refractivity contribution in [3.8, 4) is 0 Å². The Balaban J connectivity index is 2.22. The molecule has 0 aliphatic heterocycles.